The monoisotopic (exact) mass is 245 g/mol. The highest BCUT2D eigenvalue weighted by Crippen LogP contribution is 2.13. The van der Waals surface area contributed by atoms with E-state index in [1.54, 1.807) is 23.3 Å². The molecule has 94 valence electrons. The number of pyridine rings is 1. The largest absolute Gasteiger partial charge is 0.396 e. The van der Waals surface area contributed by atoms with Gasteiger partial charge in [0, 0.05) is 18.9 Å². The molecular weight excluding hydrogens is 230 g/mol. The standard InChI is InChI=1S/C12H15N5O/c1-3-17-7-10(13)11(16-17)12(18)15-9-4-8(2)5-14-6-9/h4-7H,3,13H2,1-2H3,(H,15,18). The summed E-state index contributed by atoms with van der Waals surface area (Å²) in [6.45, 7) is 4.50. The zero-order valence-electron chi connectivity index (χ0n) is 10.3. The molecule has 2 rings (SSSR count). The Kier molecular flexibility index (Phi) is 3.27. The Morgan fingerprint density at radius 2 is 2.28 bits per heavy atom. The minimum Gasteiger partial charge on any atom is -0.396 e. The van der Waals surface area contributed by atoms with Gasteiger partial charge in [0.25, 0.3) is 5.91 Å². The number of carbonyl (C=O) groups excluding carboxylic acids is 1. The van der Waals surface area contributed by atoms with Crippen LogP contribution in [0.5, 0.6) is 0 Å². The highest BCUT2D eigenvalue weighted by molar-refractivity contribution is 6.06. The van der Waals surface area contributed by atoms with E-state index in [-0.39, 0.29) is 11.6 Å². The van der Waals surface area contributed by atoms with Crippen molar-refractivity contribution in [2.75, 3.05) is 11.1 Å². The molecule has 6 heteroatoms. The SMILES string of the molecule is CCn1cc(N)c(C(=O)Nc2cncc(C)c2)n1. The van der Waals surface area contributed by atoms with E-state index in [4.69, 9.17) is 5.73 Å². The fourth-order valence-electron chi connectivity index (χ4n) is 1.59. The van der Waals surface area contributed by atoms with Gasteiger partial charge in [0.2, 0.25) is 0 Å². The number of amides is 1. The fraction of sp³-hybridized carbons (Fsp3) is 0.250. The minimum absolute atomic E-state index is 0.235. The molecule has 0 aliphatic rings. The first-order valence-electron chi connectivity index (χ1n) is 5.66. The molecule has 0 fully saturated rings. The summed E-state index contributed by atoms with van der Waals surface area (Å²) >= 11 is 0. The van der Waals surface area contributed by atoms with E-state index in [0.717, 1.165) is 5.56 Å². The van der Waals surface area contributed by atoms with Crippen molar-refractivity contribution >= 4 is 17.3 Å². The fourth-order valence-corrected chi connectivity index (χ4v) is 1.59. The van der Waals surface area contributed by atoms with Gasteiger partial charge < -0.3 is 11.1 Å². The third-order valence-electron chi connectivity index (χ3n) is 2.46. The van der Waals surface area contributed by atoms with Gasteiger partial charge in [0.1, 0.15) is 0 Å². The van der Waals surface area contributed by atoms with Gasteiger partial charge in [-0.15, -0.1) is 0 Å². The molecule has 0 radical (unpaired) electrons. The number of nitrogens with one attached hydrogen (secondary N) is 1. The topological polar surface area (TPSA) is 85.8 Å². The lowest BCUT2D eigenvalue weighted by atomic mass is 10.3. The van der Waals surface area contributed by atoms with Crippen LogP contribution in [0.4, 0.5) is 11.4 Å². The Morgan fingerprint density at radius 3 is 2.89 bits per heavy atom. The first-order valence-corrected chi connectivity index (χ1v) is 5.66. The van der Waals surface area contributed by atoms with Crippen LogP contribution in [0, 0.1) is 6.92 Å². The number of rotatable bonds is 3. The smallest absolute Gasteiger partial charge is 0.278 e. The van der Waals surface area contributed by atoms with Crippen molar-refractivity contribution < 1.29 is 4.79 Å². The molecule has 6 nitrogen and oxygen atoms in total. The maximum atomic E-state index is 12.0. The average molecular weight is 245 g/mol. The Balaban J connectivity index is 2.19. The zero-order valence-corrected chi connectivity index (χ0v) is 10.3. The molecule has 2 aromatic rings. The number of aromatic nitrogens is 3. The van der Waals surface area contributed by atoms with Gasteiger partial charge >= 0.3 is 0 Å². The van der Waals surface area contributed by atoms with Crippen LogP contribution < -0.4 is 11.1 Å². The van der Waals surface area contributed by atoms with Crippen molar-refractivity contribution in [3.05, 3.63) is 35.9 Å². The van der Waals surface area contributed by atoms with E-state index in [1.807, 2.05) is 19.9 Å². The normalized spacial score (nSPS) is 10.3. The van der Waals surface area contributed by atoms with Gasteiger partial charge in [-0.3, -0.25) is 14.5 Å². The van der Waals surface area contributed by atoms with Gasteiger partial charge in [-0.1, -0.05) is 0 Å². The molecule has 18 heavy (non-hydrogen) atoms. The summed E-state index contributed by atoms with van der Waals surface area (Å²) in [5.41, 5.74) is 7.95. The number of nitrogens with two attached hydrogens (primary N) is 1. The zero-order chi connectivity index (χ0) is 13.1. The van der Waals surface area contributed by atoms with Crippen molar-refractivity contribution in [2.24, 2.45) is 0 Å². The van der Waals surface area contributed by atoms with E-state index in [0.29, 0.717) is 17.9 Å². The van der Waals surface area contributed by atoms with Gasteiger partial charge in [-0.2, -0.15) is 5.10 Å². The number of hydrogen-bond donors (Lipinski definition) is 2. The lowest BCUT2D eigenvalue weighted by Gasteiger charge is -2.03. The second-order valence-corrected chi connectivity index (χ2v) is 3.99. The number of aryl methyl sites for hydroxylation is 2. The highest BCUT2D eigenvalue weighted by Gasteiger charge is 2.14. The Labute approximate surface area is 105 Å². The van der Waals surface area contributed by atoms with E-state index in [9.17, 15) is 4.79 Å². The molecule has 0 aromatic carbocycles. The van der Waals surface area contributed by atoms with Crippen molar-refractivity contribution in [1.29, 1.82) is 0 Å². The van der Waals surface area contributed by atoms with Gasteiger partial charge in [0.05, 0.1) is 17.6 Å². The van der Waals surface area contributed by atoms with Crippen LogP contribution in [0.2, 0.25) is 0 Å². The van der Waals surface area contributed by atoms with Crippen LogP contribution in [0.15, 0.2) is 24.7 Å². The van der Waals surface area contributed by atoms with Gasteiger partial charge in [-0.25, -0.2) is 0 Å². The summed E-state index contributed by atoms with van der Waals surface area (Å²) in [5, 5.41) is 6.83. The molecule has 0 unspecified atom stereocenters. The summed E-state index contributed by atoms with van der Waals surface area (Å²) in [5.74, 6) is -0.327. The van der Waals surface area contributed by atoms with Crippen molar-refractivity contribution in [1.82, 2.24) is 14.8 Å². The molecule has 0 atom stereocenters. The molecule has 0 aliphatic carbocycles. The van der Waals surface area contributed by atoms with Crippen molar-refractivity contribution in [3.8, 4) is 0 Å². The van der Waals surface area contributed by atoms with Crippen LogP contribution in [0.3, 0.4) is 0 Å². The summed E-state index contributed by atoms with van der Waals surface area (Å²) in [7, 11) is 0. The van der Waals surface area contributed by atoms with Crippen LogP contribution in [-0.4, -0.2) is 20.7 Å². The van der Waals surface area contributed by atoms with Gasteiger partial charge in [-0.05, 0) is 25.5 Å². The van der Waals surface area contributed by atoms with Crippen molar-refractivity contribution in [2.45, 2.75) is 20.4 Å². The Morgan fingerprint density at radius 1 is 1.50 bits per heavy atom. The molecule has 0 bridgehead atoms. The van der Waals surface area contributed by atoms with E-state index < -0.39 is 0 Å². The highest BCUT2D eigenvalue weighted by atomic mass is 16.2. The number of hydrogen-bond acceptors (Lipinski definition) is 4. The third kappa shape index (κ3) is 2.48. The molecule has 2 aromatic heterocycles. The van der Waals surface area contributed by atoms with Crippen LogP contribution >= 0.6 is 0 Å². The Bertz CT molecular complexity index is 576. The number of carbonyl (C=O) groups is 1. The first-order chi connectivity index (χ1) is 8.60. The molecule has 0 aliphatic heterocycles. The lowest BCUT2D eigenvalue weighted by molar-refractivity contribution is 0.102. The molecular formula is C12H15N5O. The molecule has 3 N–H and O–H groups in total. The number of anilines is 2. The minimum atomic E-state index is -0.327. The lowest BCUT2D eigenvalue weighted by Crippen LogP contribution is -2.15. The first kappa shape index (κ1) is 12.1. The summed E-state index contributed by atoms with van der Waals surface area (Å²) in [4.78, 5) is 16.0. The predicted octanol–water partition coefficient (Wildman–Crippen LogP) is 1.44. The van der Waals surface area contributed by atoms with Crippen molar-refractivity contribution in [3.63, 3.8) is 0 Å². The second kappa shape index (κ2) is 4.87. The summed E-state index contributed by atoms with van der Waals surface area (Å²) < 4.78 is 1.62. The maximum Gasteiger partial charge on any atom is 0.278 e. The molecule has 1 amide bonds. The number of nitrogen functional groups attached to an aromatic ring is 1. The third-order valence-corrected chi connectivity index (χ3v) is 2.46. The van der Waals surface area contributed by atoms with Crippen LogP contribution in [0.25, 0.3) is 0 Å². The predicted molar refractivity (Wildman–Crippen MR) is 69.2 cm³/mol. The quantitative estimate of drug-likeness (QED) is 0.856. The van der Waals surface area contributed by atoms with E-state index in [1.165, 1.54) is 0 Å². The number of nitrogens with zero attached hydrogens (tertiary/aromatic N) is 3. The molecule has 0 saturated carbocycles. The second-order valence-electron chi connectivity index (χ2n) is 3.99. The van der Waals surface area contributed by atoms with Crippen LogP contribution in [-0.2, 0) is 6.54 Å². The maximum absolute atomic E-state index is 12.0. The molecule has 2 heterocycles. The van der Waals surface area contributed by atoms with Crippen LogP contribution in [0.1, 0.15) is 23.0 Å². The van der Waals surface area contributed by atoms with Gasteiger partial charge in [0.15, 0.2) is 5.69 Å². The summed E-state index contributed by atoms with van der Waals surface area (Å²) in [6, 6.07) is 1.83. The Hall–Kier alpha value is -2.37. The average Bonchev–Trinajstić information content (AvgIpc) is 2.70. The van der Waals surface area contributed by atoms with E-state index in [2.05, 4.69) is 15.4 Å². The van der Waals surface area contributed by atoms with E-state index >= 15 is 0 Å². The molecule has 0 spiro atoms. The summed E-state index contributed by atoms with van der Waals surface area (Å²) in [6.07, 6.45) is 4.94. The molecule has 0 saturated heterocycles.